The average molecular weight is 533 g/mol. The van der Waals surface area contributed by atoms with Gasteiger partial charge < -0.3 is 9.47 Å². The van der Waals surface area contributed by atoms with E-state index < -0.39 is 27.4 Å². The molecule has 0 aliphatic heterocycles. The van der Waals surface area contributed by atoms with E-state index in [1.54, 1.807) is 18.2 Å². The van der Waals surface area contributed by atoms with Gasteiger partial charge in [-0.3, -0.25) is 19.2 Å². The zero-order chi connectivity index (χ0) is 26.3. The number of sulfonamides is 1. The maximum atomic E-state index is 13.4. The smallest absolute Gasteiger partial charge is 0.270 e. The number of anilines is 1. The van der Waals surface area contributed by atoms with Crippen LogP contribution in [-0.4, -0.2) is 46.2 Å². The number of ether oxygens (including phenoxy) is 2. The summed E-state index contributed by atoms with van der Waals surface area (Å²) < 4.78 is 38.2. The summed E-state index contributed by atoms with van der Waals surface area (Å²) in [4.78, 5) is 23.0. The number of hydrogen-bond donors (Lipinski definition) is 1. The van der Waals surface area contributed by atoms with E-state index in [0.29, 0.717) is 5.75 Å². The molecule has 36 heavy (non-hydrogen) atoms. The van der Waals surface area contributed by atoms with Crippen molar-refractivity contribution in [3.05, 3.63) is 87.4 Å². The number of benzene rings is 3. The third-order valence-electron chi connectivity index (χ3n) is 4.86. The number of carbonyl (C=O) groups excluding carboxylic acids is 1. The molecule has 0 atom stereocenters. The molecule has 0 spiro atoms. The summed E-state index contributed by atoms with van der Waals surface area (Å²) in [6, 6.07) is 15.8. The number of non-ortho nitro benzene ring substituents is 1. The molecular formula is C23H21ClN4O7S. The van der Waals surface area contributed by atoms with Crippen LogP contribution in [0.5, 0.6) is 11.5 Å². The van der Waals surface area contributed by atoms with Crippen molar-refractivity contribution in [2.75, 3.05) is 25.1 Å². The molecule has 0 saturated heterocycles. The maximum Gasteiger partial charge on any atom is 0.270 e. The highest BCUT2D eigenvalue weighted by Crippen LogP contribution is 2.33. The predicted molar refractivity (Wildman–Crippen MR) is 134 cm³/mol. The Hall–Kier alpha value is -4.16. The SMILES string of the molecule is COc1ccc(N(CC(=O)N/N=C\c2cc([N+](=O)[O-])ccc2Cl)S(=O)(=O)c2ccccc2)cc1OC. The van der Waals surface area contributed by atoms with Crippen LogP contribution in [0.3, 0.4) is 0 Å². The summed E-state index contributed by atoms with van der Waals surface area (Å²) >= 11 is 6.03. The van der Waals surface area contributed by atoms with Crippen LogP contribution in [0.25, 0.3) is 0 Å². The van der Waals surface area contributed by atoms with Gasteiger partial charge in [0.15, 0.2) is 11.5 Å². The molecule has 3 rings (SSSR count). The van der Waals surface area contributed by atoms with E-state index in [9.17, 15) is 23.3 Å². The van der Waals surface area contributed by atoms with E-state index in [2.05, 4.69) is 10.5 Å². The first-order chi connectivity index (χ1) is 17.2. The molecule has 0 bridgehead atoms. The highest BCUT2D eigenvalue weighted by molar-refractivity contribution is 7.92. The van der Waals surface area contributed by atoms with Crippen LogP contribution < -0.4 is 19.2 Å². The van der Waals surface area contributed by atoms with Crippen LogP contribution >= 0.6 is 11.6 Å². The van der Waals surface area contributed by atoms with Crippen molar-refractivity contribution in [1.82, 2.24) is 5.43 Å². The quantitative estimate of drug-likeness (QED) is 0.239. The Morgan fingerprint density at radius 1 is 1.08 bits per heavy atom. The molecule has 1 amide bonds. The van der Waals surface area contributed by atoms with Crippen molar-refractivity contribution in [3.8, 4) is 11.5 Å². The number of methoxy groups -OCH3 is 2. The van der Waals surface area contributed by atoms with Gasteiger partial charge in [-0.1, -0.05) is 29.8 Å². The van der Waals surface area contributed by atoms with E-state index in [-0.39, 0.29) is 32.6 Å². The molecule has 0 fully saturated rings. The zero-order valence-electron chi connectivity index (χ0n) is 19.1. The molecule has 0 aliphatic carbocycles. The van der Waals surface area contributed by atoms with Crippen molar-refractivity contribution >= 4 is 45.1 Å². The topological polar surface area (TPSA) is 140 Å². The van der Waals surface area contributed by atoms with Crippen molar-refractivity contribution in [1.29, 1.82) is 0 Å². The van der Waals surface area contributed by atoms with Crippen LogP contribution in [0.1, 0.15) is 5.56 Å². The fourth-order valence-electron chi connectivity index (χ4n) is 3.10. The van der Waals surface area contributed by atoms with Gasteiger partial charge in [0.1, 0.15) is 6.54 Å². The number of nitro benzene ring substituents is 1. The fraction of sp³-hybridized carbons (Fsp3) is 0.130. The second kappa shape index (κ2) is 11.5. The number of halogens is 1. The van der Waals surface area contributed by atoms with Gasteiger partial charge in [-0.25, -0.2) is 13.8 Å². The van der Waals surface area contributed by atoms with Gasteiger partial charge in [0, 0.05) is 28.8 Å². The molecule has 1 N–H and O–H groups in total. The highest BCUT2D eigenvalue weighted by atomic mass is 35.5. The Labute approximate surface area is 212 Å². The van der Waals surface area contributed by atoms with Crippen molar-refractivity contribution in [2.45, 2.75) is 4.90 Å². The molecular weight excluding hydrogens is 512 g/mol. The van der Waals surface area contributed by atoms with E-state index in [1.807, 2.05) is 0 Å². The highest BCUT2D eigenvalue weighted by Gasteiger charge is 2.28. The van der Waals surface area contributed by atoms with Gasteiger partial charge in [0.25, 0.3) is 21.6 Å². The second-order valence-electron chi connectivity index (χ2n) is 7.12. The molecule has 0 aromatic heterocycles. The summed E-state index contributed by atoms with van der Waals surface area (Å²) in [5.41, 5.74) is 2.36. The summed E-state index contributed by atoms with van der Waals surface area (Å²) in [5.74, 6) is -0.134. The number of hydrogen-bond acceptors (Lipinski definition) is 8. The van der Waals surface area contributed by atoms with E-state index in [0.717, 1.165) is 10.5 Å². The van der Waals surface area contributed by atoms with Crippen molar-refractivity contribution < 1.29 is 27.6 Å². The molecule has 3 aromatic rings. The molecule has 0 saturated carbocycles. The van der Waals surface area contributed by atoms with Gasteiger partial charge in [0.2, 0.25) is 0 Å². The minimum Gasteiger partial charge on any atom is -0.493 e. The summed E-state index contributed by atoms with van der Waals surface area (Å²) in [7, 11) is -1.32. The van der Waals surface area contributed by atoms with Crippen LogP contribution in [0.15, 0.2) is 76.7 Å². The van der Waals surface area contributed by atoms with Crippen molar-refractivity contribution in [2.24, 2.45) is 5.10 Å². The first-order valence-corrected chi connectivity index (χ1v) is 12.0. The van der Waals surface area contributed by atoms with Crippen molar-refractivity contribution in [3.63, 3.8) is 0 Å². The third-order valence-corrected chi connectivity index (χ3v) is 6.99. The Morgan fingerprint density at radius 3 is 2.42 bits per heavy atom. The zero-order valence-corrected chi connectivity index (χ0v) is 20.7. The lowest BCUT2D eigenvalue weighted by Crippen LogP contribution is -2.39. The van der Waals surface area contributed by atoms with Crippen LogP contribution in [0.4, 0.5) is 11.4 Å². The second-order valence-corrected chi connectivity index (χ2v) is 9.39. The molecule has 0 radical (unpaired) electrons. The first-order valence-electron chi connectivity index (χ1n) is 10.2. The average Bonchev–Trinajstić information content (AvgIpc) is 2.88. The van der Waals surface area contributed by atoms with Crippen LogP contribution in [0, 0.1) is 10.1 Å². The summed E-state index contributed by atoms with van der Waals surface area (Å²) in [6.45, 7) is -0.632. The van der Waals surface area contributed by atoms with E-state index in [4.69, 9.17) is 21.1 Å². The Bertz CT molecular complexity index is 1400. The molecule has 188 valence electrons. The Morgan fingerprint density at radius 2 is 1.78 bits per heavy atom. The number of carbonyl (C=O) groups is 1. The standard InChI is InChI=1S/C23H21ClN4O7S/c1-34-21-11-9-17(13-22(21)35-2)27(36(32,33)19-6-4-3-5-7-19)15-23(29)26-25-14-16-12-18(28(30)31)8-10-20(16)24/h3-14H,15H2,1-2H3,(H,26,29)/b25-14-. The third kappa shape index (κ3) is 6.09. The number of nitro groups is 1. The molecule has 11 nitrogen and oxygen atoms in total. The number of nitrogens with zero attached hydrogens (tertiary/aromatic N) is 3. The number of nitrogens with one attached hydrogen (secondary N) is 1. The van der Waals surface area contributed by atoms with Gasteiger partial charge >= 0.3 is 0 Å². The maximum absolute atomic E-state index is 13.4. The molecule has 0 aliphatic rings. The minimum atomic E-state index is -4.16. The van der Waals surface area contributed by atoms with E-state index >= 15 is 0 Å². The summed E-state index contributed by atoms with van der Waals surface area (Å²) in [5, 5.41) is 14.9. The van der Waals surface area contributed by atoms with Crippen LogP contribution in [0.2, 0.25) is 5.02 Å². The van der Waals surface area contributed by atoms with Gasteiger partial charge in [-0.15, -0.1) is 0 Å². The molecule has 0 unspecified atom stereocenters. The predicted octanol–water partition coefficient (Wildman–Crippen LogP) is 3.61. The normalized spacial score (nSPS) is 11.2. The Balaban J connectivity index is 1.90. The number of amides is 1. The van der Waals surface area contributed by atoms with Gasteiger partial charge in [-0.05, 0) is 30.3 Å². The number of rotatable bonds is 10. The lowest BCUT2D eigenvalue weighted by atomic mass is 10.2. The van der Waals surface area contributed by atoms with Gasteiger partial charge in [-0.2, -0.15) is 5.10 Å². The molecule has 3 aromatic carbocycles. The number of hydrazone groups is 1. The minimum absolute atomic E-state index is 0.0283. The van der Waals surface area contributed by atoms with Gasteiger partial charge in [0.05, 0.1) is 35.9 Å². The fourth-order valence-corrected chi connectivity index (χ4v) is 4.70. The van der Waals surface area contributed by atoms with E-state index in [1.165, 1.54) is 62.8 Å². The molecule has 13 heteroatoms. The lowest BCUT2D eigenvalue weighted by Gasteiger charge is -2.24. The first kappa shape index (κ1) is 26.4. The molecule has 0 heterocycles. The largest absolute Gasteiger partial charge is 0.493 e. The van der Waals surface area contributed by atoms with Crippen LogP contribution in [-0.2, 0) is 14.8 Å². The lowest BCUT2D eigenvalue weighted by molar-refractivity contribution is -0.384. The monoisotopic (exact) mass is 532 g/mol. The Kier molecular flexibility index (Phi) is 8.46. The summed E-state index contributed by atoms with van der Waals surface area (Å²) in [6.07, 6.45) is 1.12.